The second-order valence-electron chi connectivity index (χ2n) is 3.07. The zero-order valence-electron chi connectivity index (χ0n) is 7.82. The summed E-state index contributed by atoms with van der Waals surface area (Å²) in [5.74, 6) is -1.17. The zero-order chi connectivity index (χ0) is 10.3. The molecule has 0 aliphatic rings. The molecule has 0 atom stereocenters. The molecule has 0 saturated heterocycles. The van der Waals surface area contributed by atoms with Crippen LogP contribution in [0.5, 0.6) is 5.75 Å². The Kier molecular flexibility index (Phi) is 1.91. The van der Waals surface area contributed by atoms with Crippen LogP contribution in [0.2, 0.25) is 0 Å². The second-order valence-corrected chi connectivity index (χ2v) is 3.07. The van der Waals surface area contributed by atoms with Gasteiger partial charge in [0.25, 0.3) is 0 Å². The van der Waals surface area contributed by atoms with Gasteiger partial charge >= 0.3 is 0 Å². The highest BCUT2D eigenvalue weighted by Crippen LogP contribution is 2.29. The molecule has 74 valence electrons. The van der Waals surface area contributed by atoms with Crippen LogP contribution in [0, 0.1) is 18.6 Å². The minimum absolute atomic E-state index is 0.0400. The van der Waals surface area contributed by atoms with E-state index in [0.717, 1.165) is 0 Å². The van der Waals surface area contributed by atoms with Crippen molar-refractivity contribution < 1.29 is 13.5 Å². The number of fused-ring (bicyclic) bond motifs is 1. The number of aromatic amines is 1. The summed E-state index contributed by atoms with van der Waals surface area (Å²) in [6.07, 6.45) is 0. The van der Waals surface area contributed by atoms with Gasteiger partial charge in [-0.2, -0.15) is 0 Å². The lowest BCUT2D eigenvalue weighted by Crippen LogP contribution is -1.88. The van der Waals surface area contributed by atoms with Crippen molar-refractivity contribution in [3.63, 3.8) is 0 Å². The number of hydrogen-bond acceptors (Lipinski definition) is 1. The molecule has 2 rings (SSSR count). The first-order valence-electron chi connectivity index (χ1n) is 4.15. The molecule has 0 unspecified atom stereocenters. The Hall–Kier alpha value is -1.58. The van der Waals surface area contributed by atoms with Crippen LogP contribution in [-0.2, 0) is 0 Å². The lowest BCUT2D eigenvalue weighted by molar-refractivity contribution is 0.388. The van der Waals surface area contributed by atoms with Gasteiger partial charge in [-0.1, -0.05) is 0 Å². The lowest BCUT2D eigenvalue weighted by Gasteiger charge is -2.01. The van der Waals surface area contributed by atoms with Gasteiger partial charge in [-0.15, -0.1) is 0 Å². The van der Waals surface area contributed by atoms with Gasteiger partial charge in [-0.05, 0) is 19.1 Å². The fraction of sp³-hybridized carbons (Fsp3) is 0.200. The molecule has 0 saturated carbocycles. The van der Waals surface area contributed by atoms with E-state index in [2.05, 4.69) is 4.98 Å². The summed E-state index contributed by atoms with van der Waals surface area (Å²) < 4.78 is 31.7. The number of H-pyrrole nitrogens is 1. The lowest BCUT2D eigenvalue weighted by atomic mass is 10.2. The standard InChI is InChI=1S/C10H9F2NO/c1-5-9(11)8-6(13-5)3-4-7(14-2)10(8)12/h3-4,13H,1-2H3. The highest BCUT2D eigenvalue weighted by molar-refractivity contribution is 5.83. The van der Waals surface area contributed by atoms with Crippen molar-refractivity contribution >= 4 is 10.9 Å². The number of benzene rings is 1. The van der Waals surface area contributed by atoms with Crippen LogP contribution in [0.1, 0.15) is 5.69 Å². The minimum Gasteiger partial charge on any atom is -0.494 e. The number of aromatic nitrogens is 1. The Morgan fingerprint density at radius 3 is 2.57 bits per heavy atom. The molecule has 2 nitrogen and oxygen atoms in total. The van der Waals surface area contributed by atoms with E-state index in [1.165, 1.54) is 13.2 Å². The van der Waals surface area contributed by atoms with E-state index >= 15 is 0 Å². The first-order chi connectivity index (χ1) is 6.65. The largest absolute Gasteiger partial charge is 0.494 e. The molecule has 0 bridgehead atoms. The van der Waals surface area contributed by atoms with E-state index in [9.17, 15) is 8.78 Å². The molecular formula is C10H9F2NO. The molecule has 0 amide bonds. The Balaban J connectivity index is 2.86. The minimum atomic E-state index is -0.660. The maximum absolute atomic E-state index is 13.6. The monoisotopic (exact) mass is 197 g/mol. The van der Waals surface area contributed by atoms with E-state index in [1.54, 1.807) is 13.0 Å². The van der Waals surface area contributed by atoms with E-state index in [1.807, 2.05) is 0 Å². The summed E-state index contributed by atoms with van der Waals surface area (Å²) in [6, 6.07) is 3.06. The number of aryl methyl sites for hydroxylation is 1. The normalized spacial score (nSPS) is 10.9. The van der Waals surface area contributed by atoms with Crippen molar-refractivity contribution in [1.29, 1.82) is 0 Å². The first-order valence-corrected chi connectivity index (χ1v) is 4.15. The van der Waals surface area contributed by atoms with Crippen molar-refractivity contribution in [2.45, 2.75) is 6.92 Å². The molecule has 0 spiro atoms. The summed E-state index contributed by atoms with van der Waals surface area (Å²) >= 11 is 0. The van der Waals surface area contributed by atoms with Gasteiger partial charge < -0.3 is 9.72 Å². The third-order valence-electron chi connectivity index (χ3n) is 2.20. The van der Waals surface area contributed by atoms with E-state index in [0.29, 0.717) is 11.2 Å². The van der Waals surface area contributed by atoms with E-state index < -0.39 is 11.6 Å². The molecule has 1 heterocycles. The van der Waals surface area contributed by atoms with Crippen molar-refractivity contribution in [2.24, 2.45) is 0 Å². The number of methoxy groups -OCH3 is 1. The summed E-state index contributed by atoms with van der Waals surface area (Å²) in [5.41, 5.74) is 0.769. The van der Waals surface area contributed by atoms with Gasteiger partial charge in [0.05, 0.1) is 18.0 Å². The third-order valence-corrected chi connectivity index (χ3v) is 2.20. The SMILES string of the molecule is COc1ccc2[nH]c(C)c(F)c2c1F. The quantitative estimate of drug-likeness (QED) is 0.747. The predicted octanol–water partition coefficient (Wildman–Crippen LogP) is 2.76. The maximum atomic E-state index is 13.6. The summed E-state index contributed by atoms with van der Waals surface area (Å²) in [5, 5.41) is -0.0400. The molecule has 0 fully saturated rings. The average molecular weight is 197 g/mol. The fourth-order valence-electron chi connectivity index (χ4n) is 1.48. The smallest absolute Gasteiger partial charge is 0.177 e. The molecule has 0 aliphatic heterocycles. The summed E-state index contributed by atoms with van der Waals surface area (Å²) in [6.45, 7) is 1.56. The molecule has 14 heavy (non-hydrogen) atoms. The molecular weight excluding hydrogens is 188 g/mol. The van der Waals surface area contributed by atoms with Gasteiger partial charge in [0.1, 0.15) is 0 Å². The van der Waals surface area contributed by atoms with Crippen molar-refractivity contribution in [2.75, 3.05) is 7.11 Å². The Bertz CT molecular complexity index is 490. The molecule has 0 aliphatic carbocycles. The zero-order valence-corrected chi connectivity index (χ0v) is 7.82. The maximum Gasteiger partial charge on any atom is 0.177 e. The van der Waals surface area contributed by atoms with Crippen LogP contribution in [0.4, 0.5) is 8.78 Å². The van der Waals surface area contributed by atoms with Crippen molar-refractivity contribution in [3.05, 3.63) is 29.5 Å². The first kappa shape index (κ1) is 8.99. The van der Waals surface area contributed by atoms with Crippen LogP contribution in [-0.4, -0.2) is 12.1 Å². The Labute approximate surface area is 79.5 Å². The summed E-state index contributed by atoms with van der Waals surface area (Å²) in [4.78, 5) is 2.75. The van der Waals surface area contributed by atoms with Crippen LogP contribution >= 0.6 is 0 Å². The topological polar surface area (TPSA) is 25.0 Å². The Morgan fingerprint density at radius 2 is 1.93 bits per heavy atom. The molecule has 4 heteroatoms. The summed E-state index contributed by atoms with van der Waals surface area (Å²) in [7, 11) is 1.35. The van der Waals surface area contributed by atoms with E-state index in [4.69, 9.17) is 4.74 Å². The molecule has 1 aromatic carbocycles. The predicted molar refractivity (Wildman–Crippen MR) is 49.5 cm³/mol. The average Bonchev–Trinajstić information content (AvgIpc) is 2.44. The van der Waals surface area contributed by atoms with Crippen LogP contribution in [0.3, 0.4) is 0 Å². The molecule has 2 aromatic rings. The van der Waals surface area contributed by atoms with Crippen LogP contribution in [0.15, 0.2) is 12.1 Å². The van der Waals surface area contributed by atoms with Crippen molar-refractivity contribution in [3.8, 4) is 5.75 Å². The second kappa shape index (κ2) is 2.97. The van der Waals surface area contributed by atoms with Gasteiger partial charge in [0.2, 0.25) is 0 Å². The Morgan fingerprint density at radius 1 is 1.21 bits per heavy atom. The molecule has 0 radical (unpaired) electrons. The third kappa shape index (κ3) is 1.07. The van der Waals surface area contributed by atoms with E-state index in [-0.39, 0.29) is 11.1 Å². The number of rotatable bonds is 1. The number of ether oxygens (including phenoxy) is 1. The van der Waals surface area contributed by atoms with Gasteiger partial charge in [0.15, 0.2) is 17.4 Å². The van der Waals surface area contributed by atoms with Gasteiger partial charge in [-0.25, -0.2) is 8.78 Å². The van der Waals surface area contributed by atoms with Crippen molar-refractivity contribution in [1.82, 2.24) is 4.98 Å². The van der Waals surface area contributed by atoms with Gasteiger partial charge in [-0.3, -0.25) is 0 Å². The fourth-order valence-corrected chi connectivity index (χ4v) is 1.48. The van der Waals surface area contributed by atoms with Gasteiger partial charge in [0, 0.05) is 5.69 Å². The highest BCUT2D eigenvalue weighted by atomic mass is 19.1. The number of hydrogen-bond donors (Lipinski definition) is 1. The highest BCUT2D eigenvalue weighted by Gasteiger charge is 2.15. The van der Waals surface area contributed by atoms with Crippen LogP contribution < -0.4 is 4.74 Å². The number of nitrogens with one attached hydrogen (secondary N) is 1. The molecule has 1 N–H and O–H groups in total. The van der Waals surface area contributed by atoms with Crippen LogP contribution in [0.25, 0.3) is 10.9 Å². The molecule has 1 aromatic heterocycles. The number of halogens is 2.